The first kappa shape index (κ1) is 15.5. The Morgan fingerprint density at radius 3 is 2.65 bits per heavy atom. The molecule has 7 heteroatoms. The van der Waals surface area contributed by atoms with Crippen LogP contribution in [0.25, 0.3) is 0 Å². The Morgan fingerprint density at radius 2 is 1.96 bits per heavy atom. The van der Waals surface area contributed by atoms with E-state index in [1.165, 1.54) is 19.3 Å². The average molecular weight is 315 g/mol. The molecule has 7 nitrogen and oxygen atoms in total. The van der Waals surface area contributed by atoms with Crippen LogP contribution in [0.3, 0.4) is 0 Å². The van der Waals surface area contributed by atoms with E-state index >= 15 is 0 Å². The van der Waals surface area contributed by atoms with Crippen LogP contribution >= 0.6 is 0 Å². The van der Waals surface area contributed by atoms with Crippen LogP contribution in [0.4, 0.5) is 11.8 Å². The molecular formula is C16H21N5O2. The van der Waals surface area contributed by atoms with Crippen molar-refractivity contribution in [3.05, 3.63) is 29.3 Å². The molecule has 1 fully saturated rings. The fourth-order valence-electron chi connectivity index (χ4n) is 2.79. The molecule has 0 saturated heterocycles. The molecule has 1 aliphatic rings. The van der Waals surface area contributed by atoms with Crippen molar-refractivity contribution in [3.63, 3.8) is 0 Å². The van der Waals surface area contributed by atoms with E-state index in [2.05, 4.69) is 25.8 Å². The number of aryl methyl sites for hydroxylation is 2. The number of carbonyl (C=O) groups is 1. The van der Waals surface area contributed by atoms with Crippen molar-refractivity contribution in [2.75, 3.05) is 5.32 Å². The fourth-order valence-corrected chi connectivity index (χ4v) is 2.79. The molecule has 2 N–H and O–H groups in total. The minimum absolute atomic E-state index is 0.151. The number of nitrogens with zero attached hydrogens (tertiary/aromatic N) is 3. The van der Waals surface area contributed by atoms with Gasteiger partial charge in [-0.15, -0.1) is 0 Å². The maximum Gasteiger partial charge on any atom is 0.270 e. The van der Waals surface area contributed by atoms with Crippen molar-refractivity contribution in [1.29, 1.82) is 0 Å². The lowest BCUT2D eigenvalue weighted by molar-refractivity contribution is 0.0922. The Hall–Kier alpha value is -2.44. The molecule has 0 spiro atoms. The highest BCUT2D eigenvalue weighted by molar-refractivity contribution is 5.92. The lowest BCUT2D eigenvalue weighted by Gasteiger charge is -2.22. The molecule has 0 radical (unpaired) electrons. The van der Waals surface area contributed by atoms with Crippen LogP contribution in [-0.2, 0) is 0 Å². The third kappa shape index (κ3) is 4.06. The van der Waals surface area contributed by atoms with Gasteiger partial charge in [-0.2, -0.15) is 0 Å². The van der Waals surface area contributed by atoms with Gasteiger partial charge in [0.1, 0.15) is 11.5 Å². The summed E-state index contributed by atoms with van der Waals surface area (Å²) in [6, 6.07) is 3.69. The molecule has 2 aromatic rings. The highest BCUT2D eigenvalue weighted by Gasteiger charge is 2.18. The summed E-state index contributed by atoms with van der Waals surface area (Å²) in [5.41, 5.74) is 1.09. The average Bonchev–Trinajstić information content (AvgIpc) is 2.92. The van der Waals surface area contributed by atoms with Crippen LogP contribution in [0, 0.1) is 13.8 Å². The number of hydrogen-bond acceptors (Lipinski definition) is 6. The van der Waals surface area contributed by atoms with Crippen LogP contribution in [0.1, 0.15) is 54.0 Å². The van der Waals surface area contributed by atoms with Crippen molar-refractivity contribution >= 4 is 17.7 Å². The van der Waals surface area contributed by atoms with E-state index in [9.17, 15) is 4.79 Å². The second kappa shape index (κ2) is 6.76. The van der Waals surface area contributed by atoms with E-state index in [0.717, 1.165) is 18.5 Å². The molecule has 3 rings (SSSR count). The van der Waals surface area contributed by atoms with Gasteiger partial charge in [0.05, 0.1) is 0 Å². The van der Waals surface area contributed by atoms with Crippen LogP contribution in [0.5, 0.6) is 0 Å². The minimum atomic E-state index is -0.151. The molecule has 0 aromatic carbocycles. The number of hydrogen-bond donors (Lipinski definition) is 2. The highest BCUT2D eigenvalue weighted by atomic mass is 16.5. The lowest BCUT2D eigenvalue weighted by Crippen LogP contribution is -2.36. The maximum atomic E-state index is 12.4. The van der Waals surface area contributed by atoms with E-state index in [0.29, 0.717) is 23.2 Å². The molecule has 0 bridgehead atoms. The minimum Gasteiger partial charge on any atom is -0.360 e. The summed E-state index contributed by atoms with van der Waals surface area (Å²) in [7, 11) is 0. The quantitative estimate of drug-likeness (QED) is 0.901. The van der Waals surface area contributed by atoms with Gasteiger partial charge < -0.3 is 15.2 Å². The second-order valence-corrected chi connectivity index (χ2v) is 5.97. The smallest absolute Gasteiger partial charge is 0.270 e. The molecule has 122 valence electrons. The molecule has 2 heterocycles. The van der Waals surface area contributed by atoms with Gasteiger partial charge in [0.25, 0.3) is 5.91 Å². The van der Waals surface area contributed by atoms with Crippen molar-refractivity contribution in [2.45, 2.75) is 52.0 Å². The topological polar surface area (TPSA) is 92.9 Å². The maximum absolute atomic E-state index is 12.4. The van der Waals surface area contributed by atoms with E-state index in [1.807, 2.05) is 6.92 Å². The van der Waals surface area contributed by atoms with Crippen molar-refractivity contribution in [3.8, 4) is 0 Å². The normalized spacial score (nSPS) is 15.4. The number of nitrogens with one attached hydrogen (secondary N) is 2. The van der Waals surface area contributed by atoms with Gasteiger partial charge in [-0.25, -0.2) is 9.97 Å². The zero-order chi connectivity index (χ0) is 16.2. The highest BCUT2D eigenvalue weighted by Crippen LogP contribution is 2.18. The standard InChI is InChI=1S/C16H21N5O2/c1-10-8-13(15(22)18-12-6-4-3-5-7-12)19-16(17-10)20-14-9-11(2)23-21-14/h8-9,12H,3-7H2,1-2H3,(H,18,22)(H,17,19,20,21). The zero-order valence-corrected chi connectivity index (χ0v) is 13.4. The molecule has 0 aliphatic heterocycles. The van der Waals surface area contributed by atoms with E-state index in [-0.39, 0.29) is 11.9 Å². The molecule has 2 aromatic heterocycles. The van der Waals surface area contributed by atoms with Crippen LogP contribution in [-0.4, -0.2) is 27.1 Å². The SMILES string of the molecule is Cc1cc(C(=O)NC2CCCCC2)nc(Nc2cc(C)on2)n1. The summed E-state index contributed by atoms with van der Waals surface area (Å²) in [5, 5.41) is 9.87. The third-order valence-corrected chi connectivity index (χ3v) is 3.90. The molecule has 0 atom stereocenters. The van der Waals surface area contributed by atoms with Gasteiger partial charge in [-0.1, -0.05) is 24.4 Å². The summed E-state index contributed by atoms with van der Waals surface area (Å²) in [4.78, 5) is 21.0. The first-order valence-electron chi connectivity index (χ1n) is 7.97. The van der Waals surface area contributed by atoms with Crippen molar-refractivity contribution in [2.24, 2.45) is 0 Å². The Balaban J connectivity index is 1.72. The Kier molecular flexibility index (Phi) is 4.55. The van der Waals surface area contributed by atoms with Crippen LogP contribution < -0.4 is 10.6 Å². The molecule has 1 amide bonds. The lowest BCUT2D eigenvalue weighted by atomic mass is 9.95. The fraction of sp³-hybridized carbons (Fsp3) is 0.500. The molecule has 1 aliphatic carbocycles. The Labute approximate surface area is 134 Å². The van der Waals surface area contributed by atoms with Gasteiger partial charge in [-0.05, 0) is 32.8 Å². The van der Waals surface area contributed by atoms with E-state index in [4.69, 9.17) is 4.52 Å². The van der Waals surface area contributed by atoms with Gasteiger partial charge in [0.15, 0.2) is 5.82 Å². The first-order valence-corrected chi connectivity index (χ1v) is 7.97. The van der Waals surface area contributed by atoms with Gasteiger partial charge in [0, 0.05) is 17.8 Å². The predicted molar refractivity (Wildman–Crippen MR) is 85.6 cm³/mol. The van der Waals surface area contributed by atoms with Crippen molar-refractivity contribution < 1.29 is 9.32 Å². The summed E-state index contributed by atoms with van der Waals surface area (Å²) in [5.74, 6) is 1.40. The number of amides is 1. The molecule has 0 unspecified atom stereocenters. The summed E-state index contributed by atoms with van der Waals surface area (Å²) in [6.07, 6.45) is 5.68. The zero-order valence-electron chi connectivity index (χ0n) is 13.4. The van der Waals surface area contributed by atoms with Crippen LogP contribution in [0.2, 0.25) is 0 Å². The number of rotatable bonds is 4. The monoisotopic (exact) mass is 315 g/mol. The molecular weight excluding hydrogens is 294 g/mol. The van der Waals surface area contributed by atoms with Crippen LogP contribution in [0.15, 0.2) is 16.7 Å². The number of carbonyl (C=O) groups excluding carboxylic acids is 1. The van der Waals surface area contributed by atoms with Crippen molar-refractivity contribution in [1.82, 2.24) is 20.4 Å². The number of anilines is 2. The summed E-state index contributed by atoms with van der Waals surface area (Å²) in [6.45, 7) is 3.64. The van der Waals surface area contributed by atoms with E-state index in [1.54, 1.807) is 19.1 Å². The predicted octanol–water partition coefficient (Wildman–Crippen LogP) is 2.89. The Morgan fingerprint density at radius 1 is 1.17 bits per heavy atom. The Bertz CT molecular complexity index is 692. The van der Waals surface area contributed by atoms with E-state index < -0.39 is 0 Å². The number of aromatic nitrogens is 3. The third-order valence-electron chi connectivity index (χ3n) is 3.90. The molecule has 23 heavy (non-hydrogen) atoms. The van der Waals surface area contributed by atoms with Gasteiger partial charge >= 0.3 is 0 Å². The largest absolute Gasteiger partial charge is 0.360 e. The van der Waals surface area contributed by atoms with Gasteiger partial charge in [0.2, 0.25) is 5.95 Å². The summed E-state index contributed by atoms with van der Waals surface area (Å²) < 4.78 is 5.00. The molecule has 1 saturated carbocycles. The van der Waals surface area contributed by atoms with Gasteiger partial charge in [-0.3, -0.25) is 4.79 Å². The second-order valence-electron chi connectivity index (χ2n) is 5.97. The first-order chi connectivity index (χ1) is 11.1. The summed E-state index contributed by atoms with van der Waals surface area (Å²) >= 11 is 0.